The van der Waals surface area contributed by atoms with Gasteiger partial charge < -0.3 is 19.9 Å². The lowest BCUT2D eigenvalue weighted by molar-refractivity contribution is 0.0199. The molecule has 0 radical (unpaired) electrons. The molecule has 1 saturated heterocycles. The van der Waals surface area contributed by atoms with Crippen LogP contribution in [0, 0.1) is 13.8 Å². The molecule has 0 saturated carbocycles. The molecule has 0 bridgehead atoms. The Morgan fingerprint density at radius 2 is 1.91 bits per heavy atom. The van der Waals surface area contributed by atoms with E-state index in [1.807, 2.05) is 52.8 Å². The molecule has 2 aromatic heterocycles. The van der Waals surface area contributed by atoms with Crippen LogP contribution in [0.2, 0.25) is 0 Å². The van der Waals surface area contributed by atoms with E-state index in [4.69, 9.17) is 4.74 Å². The Bertz CT molecular complexity index is 1150. The summed E-state index contributed by atoms with van der Waals surface area (Å²) in [4.78, 5) is 35.0. The molecule has 0 unspecified atom stereocenters. The van der Waals surface area contributed by atoms with Gasteiger partial charge in [0.1, 0.15) is 11.3 Å². The molecule has 2 amide bonds. The van der Waals surface area contributed by atoms with Gasteiger partial charge in [0.25, 0.3) is 5.91 Å². The van der Waals surface area contributed by atoms with Crippen LogP contribution in [0.3, 0.4) is 0 Å². The van der Waals surface area contributed by atoms with Gasteiger partial charge >= 0.3 is 6.09 Å². The van der Waals surface area contributed by atoms with Crippen LogP contribution >= 0.6 is 0 Å². The minimum absolute atomic E-state index is 0.0262. The van der Waals surface area contributed by atoms with Gasteiger partial charge in [0, 0.05) is 24.8 Å². The lowest BCUT2D eigenvalue weighted by atomic mass is 10.0. The summed E-state index contributed by atoms with van der Waals surface area (Å²) in [6, 6.07) is 5.95. The summed E-state index contributed by atoms with van der Waals surface area (Å²) >= 11 is 0. The van der Waals surface area contributed by atoms with Crippen molar-refractivity contribution in [1.29, 1.82) is 0 Å². The summed E-state index contributed by atoms with van der Waals surface area (Å²) in [5.74, 6) is 0.360. The van der Waals surface area contributed by atoms with Gasteiger partial charge in [0.05, 0.1) is 16.6 Å². The van der Waals surface area contributed by atoms with Crippen LogP contribution in [-0.2, 0) is 4.74 Å². The summed E-state index contributed by atoms with van der Waals surface area (Å²) in [6.07, 6.45) is 1.03. The van der Waals surface area contributed by atoms with Crippen LogP contribution in [0.4, 0.5) is 4.79 Å². The Balaban J connectivity index is 1.45. The molecule has 1 aliphatic heterocycles. The van der Waals surface area contributed by atoms with Gasteiger partial charge in [-0.2, -0.15) is 5.10 Å². The number of imidazole rings is 1. The molecule has 3 aromatic rings. The third-order valence-corrected chi connectivity index (χ3v) is 5.52. The molecular weight excluding hydrogens is 408 g/mol. The smallest absolute Gasteiger partial charge is 0.410 e. The number of amides is 2. The van der Waals surface area contributed by atoms with E-state index in [0.717, 1.165) is 16.6 Å². The number of aryl methyl sites for hydroxylation is 2. The number of aromatic nitrogens is 4. The summed E-state index contributed by atoms with van der Waals surface area (Å²) in [5.41, 5.74) is 3.99. The van der Waals surface area contributed by atoms with Crippen molar-refractivity contribution in [2.45, 2.75) is 59.1 Å². The van der Waals surface area contributed by atoms with E-state index in [0.29, 0.717) is 48.7 Å². The molecular formula is C23H30N6O3. The number of likely N-dealkylation sites (tertiary alicyclic amines) is 1. The highest BCUT2D eigenvalue weighted by Crippen LogP contribution is 2.25. The summed E-state index contributed by atoms with van der Waals surface area (Å²) in [6.45, 7) is 10.5. The lowest BCUT2D eigenvalue weighted by Crippen LogP contribution is -2.47. The van der Waals surface area contributed by atoms with Crippen LogP contribution in [-0.4, -0.2) is 61.8 Å². The number of fused-ring (bicyclic) bond motifs is 1. The average Bonchev–Trinajstić information content (AvgIpc) is 3.29. The third kappa shape index (κ3) is 4.61. The molecule has 9 nitrogen and oxygen atoms in total. The van der Waals surface area contributed by atoms with Crippen molar-refractivity contribution < 1.29 is 14.3 Å². The number of carbonyl (C=O) groups excluding carboxylic acids is 2. The van der Waals surface area contributed by atoms with Crippen molar-refractivity contribution in [2.24, 2.45) is 0 Å². The topological polar surface area (TPSA) is 116 Å². The minimum Gasteiger partial charge on any atom is -0.444 e. The van der Waals surface area contributed by atoms with Crippen molar-refractivity contribution in [3.05, 3.63) is 35.0 Å². The van der Waals surface area contributed by atoms with Crippen molar-refractivity contribution in [3.8, 4) is 11.5 Å². The summed E-state index contributed by atoms with van der Waals surface area (Å²) < 4.78 is 5.44. The SMILES string of the molecule is Cc1ccc2[nH]c(-c3n[nH]c(C)c3C(=O)NC3CCN(C(=O)OC(C)(C)C)CC3)nc2c1. The van der Waals surface area contributed by atoms with E-state index >= 15 is 0 Å². The molecule has 0 spiro atoms. The maximum absolute atomic E-state index is 13.1. The fourth-order valence-electron chi connectivity index (χ4n) is 3.90. The predicted octanol–water partition coefficient (Wildman–Crippen LogP) is 3.70. The quantitative estimate of drug-likeness (QED) is 0.577. The second kappa shape index (κ2) is 8.29. The van der Waals surface area contributed by atoms with E-state index in [2.05, 4.69) is 25.5 Å². The Morgan fingerprint density at radius 3 is 2.59 bits per heavy atom. The van der Waals surface area contributed by atoms with E-state index in [-0.39, 0.29) is 18.0 Å². The van der Waals surface area contributed by atoms with E-state index in [1.54, 1.807) is 4.90 Å². The largest absolute Gasteiger partial charge is 0.444 e. The van der Waals surface area contributed by atoms with Crippen molar-refractivity contribution in [1.82, 2.24) is 30.4 Å². The zero-order chi connectivity index (χ0) is 23.0. The van der Waals surface area contributed by atoms with Crippen LogP contribution < -0.4 is 5.32 Å². The van der Waals surface area contributed by atoms with Crippen molar-refractivity contribution in [3.63, 3.8) is 0 Å². The maximum Gasteiger partial charge on any atom is 0.410 e. The number of hydrogen-bond donors (Lipinski definition) is 3. The van der Waals surface area contributed by atoms with Gasteiger partial charge in [0.15, 0.2) is 5.82 Å². The molecule has 9 heteroatoms. The number of nitrogens with one attached hydrogen (secondary N) is 3. The van der Waals surface area contributed by atoms with E-state index < -0.39 is 5.60 Å². The Kier molecular flexibility index (Phi) is 5.66. The van der Waals surface area contributed by atoms with E-state index in [1.165, 1.54) is 0 Å². The molecule has 1 fully saturated rings. The molecule has 1 aromatic carbocycles. The highest BCUT2D eigenvalue weighted by Gasteiger charge is 2.29. The molecule has 32 heavy (non-hydrogen) atoms. The number of carbonyl (C=O) groups is 2. The van der Waals surface area contributed by atoms with Gasteiger partial charge in [-0.05, 0) is 65.2 Å². The molecule has 170 valence electrons. The first-order valence-corrected chi connectivity index (χ1v) is 10.9. The van der Waals surface area contributed by atoms with Crippen molar-refractivity contribution in [2.75, 3.05) is 13.1 Å². The van der Waals surface area contributed by atoms with Crippen LogP contribution in [0.5, 0.6) is 0 Å². The number of H-pyrrole nitrogens is 2. The van der Waals surface area contributed by atoms with Crippen LogP contribution in [0.15, 0.2) is 18.2 Å². The van der Waals surface area contributed by atoms with Gasteiger partial charge in [-0.1, -0.05) is 6.07 Å². The standard InChI is InChI=1S/C23H30N6O3/c1-13-6-7-16-17(12-13)26-20(25-16)19-18(14(2)27-28-19)21(30)24-15-8-10-29(11-9-15)22(31)32-23(3,4)5/h6-7,12,15H,8-11H2,1-5H3,(H,24,30)(H,25,26)(H,27,28). The number of aromatic amines is 2. The molecule has 3 heterocycles. The van der Waals surface area contributed by atoms with Gasteiger partial charge in [-0.15, -0.1) is 0 Å². The second-order valence-electron chi connectivity index (χ2n) is 9.39. The Labute approximate surface area is 186 Å². The first kappa shape index (κ1) is 21.9. The summed E-state index contributed by atoms with van der Waals surface area (Å²) in [7, 11) is 0. The minimum atomic E-state index is -0.521. The van der Waals surface area contributed by atoms with Gasteiger partial charge in [-0.3, -0.25) is 9.89 Å². The molecule has 4 rings (SSSR count). The van der Waals surface area contributed by atoms with Gasteiger partial charge in [-0.25, -0.2) is 9.78 Å². The maximum atomic E-state index is 13.1. The van der Waals surface area contributed by atoms with Crippen LogP contribution in [0.1, 0.15) is 55.2 Å². The average molecular weight is 439 g/mol. The zero-order valence-electron chi connectivity index (χ0n) is 19.2. The second-order valence-corrected chi connectivity index (χ2v) is 9.39. The zero-order valence-corrected chi connectivity index (χ0v) is 19.2. The molecule has 0 aliphatic carbocycles. The van der Waals surface area contributed by atoms with Crippen molar-refractivity contribution >= 4 is 23.0 Å². The Morgan fingerprint density at radius 1 is 1.19 bits per heavy atom. The highest BCUT2D eigenvalue weighted by atomic mass is 16.6. The first-order chi connectivity index (χ1) is 15.1. The first-order valence-electron chi connectivity index (χ1n) is 10.9. The van der Waals surface area contributed by atoms with Crippen LogP contribution in [0.25, 0.3) is 22.6 Å². The lowest BCUT2D eigenvalue weighted by Gasteiger charge is -2.33. The number of ether oxygens (including phenoxy) is 1. The number of piperidine rings is 1. The highest BCUT2D eigenvalue weighted by molar-refractivity contribution is 6.01. The number of rotatable bonds is 3. The Hall–Kier alpha value is -3.36. The molecule has 1 aliphatic rings. The normalized spacial score (nSPS) is 15.2. The monoisotopic (exact) mass is 438 g/mol. The van der Waals surface area contributed by atoms with Gasteiger partial charge in [0.2, 0.25) is 0 Å². The predicted molar refractivity (Wildman–Crippen MR) is 121 cm³/mol. The third-order valence-electron chi connectivity index (χ3n) is 5.52. The fraction of sp³-hybridized carbons (Fsp3) is 0.478. The van der Waals surface area contributed by atoms with E-state index in [9.17, 15) is 9.59 Å². The number of nitrogens with zero attached hydrogens (tertiary/aromatic N) is 3. The molecule has 3 N–H and O–H groups in total. The molecule has 0 atom stereocenters. The fourth-order valence-corrected chi connectivity index (χ4v) is 3.90. The number of hydrogen-bond acceptors (Lipinski definition) is 5. The summed E-state index contributed by atoms with van der Waals surface area (Å²) in [5, 5.41) is 10.4. The number of benzene rings is 1.